The summed E-state index contributed by atoms with van der Waals surface area (Å²) in [5.41, 5.74) is 0.219. The maximum Gasteiger partial charge on any atom is 0.338 e. The molecule has 0 aliphatic carbocycles. The summed E-state index contributed by atoms with van der Waals surface area (Å²) in [6.45, 7) is 5.21. The van der Waals surface area contributed by atoms with E-state index in [0.717, 1.165) is 12.8 Å². The minimum Gasteiger partial charge on any atom is -0.490 e. The number of carbonyl (C=O) groups excluding carboxylic acids is 1. The first-order valence-corrected chi connectivity index (χ1v) is 10.3. The van der Waals surface area contributed by atoms with Gasteiger partial charge >= 0.3 is 5.97 Å². The number of rotatable bonds is 8. The summed E-state index contributed by atoms with van der Waals surface area (Å²) < 4.78 is 11.7. The molecule has 30 heavy (non-hydrogen) atoms. The topological polar surface area (TPSA) is 81.9 Å². The molecule has 7 heteroatoms. The van der Waals surface area contributed by atoms with Crippen LogP contribution in [0.4, 0.5) is 5.69 Å². The Kier molecular flexibility index (Phi) is 7.41. The molecule has 1 saturated heterocycles. The van der Waals surface area contributed by atoms with Gasteiger partial charge in [-0.15, -0.1) is 0 Å². The number of carbonyl (C=O) groups is 1. The summed E-state index contributed by atoms with van der Waals surface area (Å²) in [7, 11) is 0. The first kappa shape index (κ1) is 21.8. The van der Waals surface area contributed by atoms with Crippen LogP contribution in [0.5, 0.6) is 5.75 Å². The number of hydrogen-bond donors (Lipinski definition) is 0. The van der Waals surface area contributed by atoms with E-state index in [2.05, 4.69) is 18.7 Å². The van der Waals surface area contributed by atoms with Crippen LogP contribution < -0.4 is 4.74 Å². The van der Waals surface area contributed by atoms with Gasteiger partial charge in [-0.05, 0) is 51.0 Å². The lowest BCUT2D eigenvalue weighted by Gasteiger charge is -2.40. The van der Waals surface area contributed by atoms with E-state index in [1.54, 1.807) is 0 Å². The van der Waals surface area contributed by atoms with Crippen molar-refractivity contribution in [2.24, 2.45) is 0 Å². The zero-order chi connectivity index (χ0) is 21.5. The van der Waals surface area contributed by atoms with Crippen LogP contribution in [0.25, 0.3) is 0 Å². The fourth-order valence-corrected chi connectivity index (χ4v) is 3.84. The van der Waals surface area contributed by atoms with Gasteiger partial charge in [-0.25, -0.2) is 4.79 Å². The number of nitro benzene ring substituents is 1. The van der Waals surface area contributed by atoms with Crippen molar-refractivity contribution in [2.45, 2.75) is 51.3 Å². The fourth-order valence-electron chi connectivity index (χ4n) is 3.84. The van der Waals surface area contributed by atoms with E-state index in [0.29, 0.717) is 24.4 Å². The quantitative estimate of drug-likeness (QED) is 0.362. The molecule has 3 atom stereocenters. The molecule has 3 rings (SSSR count). The van der Waals surface area contributed by atoms with Gasteiger partial charge < -0.3 is 9.47 Å². The third-order valence-electron chi connectivity index (χ3n) is 5.56. The molecule has 7 nitrogen and oxygen atoms in total. The highest BCUT2D eigenvalue weighted by atomic mass is 16.6. The van der Waals surface area contributed by atoms with Crippen LogP contribution >= 0.6 is 0 Å². The molecule has 1 aliphatic heterocycles. The third-order valence-corrected chi connectivity index (χ3v) is 5.56. The van der Waals surface area contributed by atoms with Crippen molar-refractivity contribution in [3.63, 3.8) is 0 Å². The number of non-ortho nitro benzene ring substituents is 1. The Balaban J connectivity index is 1.70. The van der Waals surface area contributed by atoms with Crippen molar-refractivity contribution < 1.29 is 19.2 Å². The van der Waals surface area contributed by atoms with Crippen LogP contribution in [0.1, 0.15) is 43.5 Å². The number of para-hydroxylation sites is 1. The first-order chi connectivity index (χ1) is 14.4. The van der Waals surface area contributed by atoms with Crippen LogP contribution in [0.2, 0.25) is 0 Å². The molecule has 0 bridgehead atoms. The van der Waals surface area contributed by atoms with E-state index in [4.69, 9.17) is 9.47 Å². The number of nitrogens with zero attached hydrogens (tertiary/aromatic N) is 2. The molecule has 0 unspecified atom stereocenters. The Bertz CT molecular complexity index is 830. The van der Waals surface area contributed by atoms with Crippen molar-refractivity contribution in [3.8, 4) is 5.75 Å². The molecule has 160 valence electrons. The molecule has 0 aromatic heterocycles. The van der Waals surface area contributed by atoms with E-state index < -0.39 is 17.0 Å². The molecule has 0 N–H and O–H groups in total. The van der Waals surface area contributed by atoms with Crippen molar-refractivity contribution >= 4 is 11.7 Å². The molecule has 1 fully saturated rings. The van der Waals surface area contributed by atoms with Crippen molar-refractivity contribution in [1.29, 1.82) is 0 Å². The van der Waals surface area contributed by atoms with Crippen molar-refractivity contribution in [2.75, 3.05) is 13.2 Å². The largest absolute Gasteiger partial charge is 0.490 e. The Morgan fingerprint density at radius 2 is 1.73 bits per heavy atom. The van der Waals surface area contributed by atoms with Crippen LogP contribution in [0.15, 0.2) is 54.6 Å². The highest BCUT2D eigenvalue weighted by molar-refractivity contribution is 5.89. The van der Waals surface area contributed by atoms with Gasteiger partial charge in [0.25, 0.3) is 5.69 Å². The number of piperidine rings is 1. The summed E-state index contributed by atoms with van der Waals surface area (Å²) >= 11 is 0. The van der Waals surface area contributed by atoms with E-state index in [-0.39, 0.29) is 17.9 Å². The first-order valence-electron chi connectivity index (χ1n) is 10.3. The van der Waals surface area contributed by atoms with Crippen LogP contribution in [-0.4, -0.2) is 47.1 Å². The summed E-state index contributed by atoms with van der Waals surface area (Å²) in [4.78, 5) is 25.4. The molecule has 2 aromatic rings. The molecular weight excluding hydrogens is 384 g/mol. The van der Waals surface area contributed by atoms with E-state index in [1.165, 1.54) is 30.7 Å². The average Bonchev–Trinajstić information content (AvgIpc) is 2.75. The number of hydrogen-bond acceptors (Lipinski definition) is 6. The standard InChI is InChI=1S/C23H28N2O5/c1-17-7-6-8-18(2)24(17)15-22(16-29-21-9-4-3-5-10-21)30-23(26)19-11-13-20(14-12-19)25(27)28/h3-5,9-14,17-18,22H,6-8,15-16H2,1-2H3/t17-,18+,22-/m0/s1. The van der Waals surface area contributed by atoms with Crippen molar-refractivity contribution in [1.82, 2.24) is 4.90 Å². The maximum atomic E-state index is 12.7. The number of likely N-dealkylation sites (tertiary alicyclic amines) is 1. The third kappa shape index (κ3) is 5.79. The second-order valence-electron chi connectivity index (χ2n) is 7.78. The number of ether oxygens (including phenoxy) is 2. The maximum absolute atomic E-state index is 12.7. The molecule has 2 aromatic carbocycles. The Labute approximate surface area is 176 Å². The lowest BCUT2D eigenvalue weighted by Crippen LogP contribution is -2.49. The molecule has 0 radical (unpaired) electrons. The summed E-state index contributed by atoms with van der Waals surface area (Å²) in [6.07, 6.45) is 2.97. The summed E-state index contributed by atoms with van der Waals surface area (Å²) in [6, 6.07) is 15.7. The SMILES string of the molecule is C[C@@H]1CCC[C@H](C)N1C[C@@H](COc1ccccc1)OC(=O)c1ccc([N+](=O)[O-])cc1. The molecular formula is C23H28N2O5. The van der Waals surface area contributed by atoms with E-state index in [9.17, 15) is 14.9 Å². The predicted molar refractivity (Wildman–Crippen MR) is 114 cm³/mol. The molecule has 1 heterocycles. The molecule has 1 aliphatic rings. The van der Waals surface area contributed by atoms with Gasteiger partial charge in [0.05, 0.1) is 10.5 Å². The minimum atomic E-state index is -0.510. The molecule has 0 amide bonds. The minimum absolute atomic E-state index is 0.0634. The van der Waals surface area contributed by atoms with Crippen molar-refractivity contribution in [3.05, 3.63) is 70.3 Å². The number of esters is 1. The zero-order valence-electron chi connectivity index (χ0n) is 17.4. The van der Waals surface area contributed by atoms with E-state index >= 15 is 0 Å². The lowest BCUT2D eigenvalue weighted by atomic mass is 9.97. The van der Waals surface area contributed by atoms with Gasteiger partial charge in [-0.1, -0.05) is 24.6 Å². The Morgan fingerprint density at radius 3 is 2.33 bits per heavy atom. The Hall–Kier alpha value is -2.93. The monoisotopic (exact) mass is 412 g/mol. The van der Waals surface area contributed by atoms with Gasteiger partial charge in [-0.3, -0.25) is 15.0 Å². The van der Waals surface area contributed by atoms with Gasteiger partial charge in [0.1, 0.15) is 18.5 Å². The van der Waals surface area contributed by atoms with Gasteiger partial charge in [-0.2, -0.15) is 0 Å². The van der Waals surface area contributed by atoms with Crippen LogP contribution in [-0.2, 0) is 4.74 Å². The zero-order valence-corrected chi connectivity index (χ0v) is 17.4. The summed E-state index contributed by atoms with van der Waals surface area (Å²) in [5.74, 6) is 0.206. The van der Waals surface area contributed by atoms with Gasteiger partial charge in [0.2, 0.25) is 0 Å². The highest BCUT2D eigenvalue weighted by Crippen LogP contribution is 2.23. The number of benzene rings is 2. The summed E-state index contributed by atoms with van der Waals surface area (Å²) in [5, 5.41) is 10.8. The van der Waals surface area contributed by atoms with Gasteiger partial charge in [0.15, 0.2) is 0 Å². The van der Waals surface area contributed by atoms with Crippen LogP contribution in [0, 0.1) is 10.1 Å². The highest BCUT2D eigenvalue weighted by Gasteiger charge is 2.29. The molecule has 0 spiro atoms. The smallest absolute Gasteiger partial charge is 0.338 e. The van der Waals surface area contributed by atoms with Crippen LogP contribution in [0.3, 0.4) is 0 Å². The lowest BCUT2D eigenvalue weighted by molar-refractivity contribution is -0.384. The second-order valence-corrected chi connectivity index (χ2v) is 7.78. The van der Waals surface area contributed by atoms with E-state index in [1.807, 2.05) is 30.3 Å². The predicted octanol–water partition coefficient (Wildman–Crippen LogP) is 4.46. The normalized spacial score (nSPS) is 20.3. The molecule has 0 saturated carbocycles. The van der Waals surface area contributed by atoms with Gasteiger partial charge in [0, 0.05) is 30.8 Å². The average molecular weight is 412 g/mol. The fraction of sp³-hybridized carbons (Fsp3) is 0.435. The number of nitro groups is 1. The second kappa shape index (κ2) is 10.2. The Morgan fingerprint density at radius 1 is 1.10 bits per heavy atom.